The molecule has 0 heterocycles. The van der Waals surface area contributed by atoms with Gasteiger partial charge in [0.05, 0.1) is 12.0 Å². The second kappa shape index (κ2) is 5.61. The SMILES string of the molecule is COc1ccc([C@H]2[C@@H](S(=O)(=O)c3ccccc3)[C@@]2(N)C(=O)O)cc1. The maximum atomic E-state index is 12.9. The minimum atomic E-state index is -3.87. The molecule has 1 saturated carbocycles. The van der Waals surface area contributed by atoms with Crippen molar-refractivity contribution in [3.8, 4) is 5.75 Å². The quantitative estimate of drug-likeness (QED) is 0.847. The number of hydrogen-bond donors (Lipinski definition) is 2. The van der Waals surface area contributed by atoms with E-state index in [1.54, 1.807) is 42.5 Å². The smallest absolute Gasteiger partial charge is 0.325 e. The maximum Gasteiger partial charge on any atom is 0.325 e. The number of benzene rings is 2. The maximum absolute atomic E-state index is 12.9. The van der Waals surface area contributed by atoms with Crippen LogP contribution in [-0.2, 0) is 14.6 Å². The Labute approximate surface area is 139 Å². The summed E-state index contributed by atoms with van der Waals surface area (Å²) >= 11 is 0. The first-order valence-corrected chi connectivity index (χ1v) is 8.83. The van der Waals surface area contributed by atoms with E-state index in [2.05, 4.69) is 0 Å². The van der Waals surface area contributed by atoms with Gasteiger partial charge in [-0.25, -0.2) is 8.42 Å². The number of methoxy groups -OCH3 is 1. The molecule has 3 rings (SSSR count). The van der Waals surface area contributed by atoms with E-state index in [1.807, 2.05) is 0 Å². The number of aliphatic carboxylic acids is 1. The third-order valence-electron chi connectivity index (χ3n) is 4.43. The van der Waals surface area contributed by atoms with Crippen LogP contribution in [0.15, 0.2) is 59.5 Å². The Morgan fingerprint density at radius 3 is 2.21 bits per heavy atom. The average molecular weight is 347 g/mol. The summed E-state index contributed by atoms with van der Waals surface area (Å²) in [6, 6.07) is 14.4. The van der Waals surface area contributed by atoms with Crippen molar-refractivity contribution >= 4 is 15.8 Å². The number of hydrogen-bond acceptors (Lipinski definition) is 5. The summed E-state index contributed by atoms with van der Waals surface area (Å²) in [4.78, 5) is 11.7. The van der Waals surface area contributed by atoms with E-state index in [-0.39, 0.29) is 4.90 Å². The largest absolute Gasteiger partial charge is 0.497 e. The number of ether oxygens (including phenoxy) is 1. The van der Waals surface area contributed by atoms with Gasteiger partial charge in [-0.3, -0.25) is 4.79 Å². The van der Waals surface area contributed by atoms with Crippen LogP contribution in [0.3, 0.4) is 0 Å². The van der Waals surface area contributed by atoms with Crippen LogP contribution in [-0.4, -0.2) is 37.4 Å². The second-order valence-corrected chi connectivity index (χ2v) is 7.84. The summed E-state index contributed by atoms with van der Waals surface area (Å²) in [7, 11) is -2.36. The zero-order valence-corrected chi connectivity index (χ0v) is 13.7. The summed E-state index contributed by atoms with van der Waals surface area (Å²) in [5.41, 5.74) is 4.71. The first-order chi connectivity index (χ1) is 11.3. The lowest BCUT2D eigenvalue weighted by Crippen LogP contribution is -2.39. The number of sulfone groups is 1. The van der Waals surface area contributed by atoms with Gasteiger partial charge in [-0.05, 0) is 29.8 Å². The van der Waals surface area contributed by atoms with Crippen molar-refractivity contribution < 1.29 is 23.1 Å². The van der Waals surface area contributed by atoms with Crippen molar-refractivity contribution in [1.82, 2.24) is 0 Å². The van der Waals surface area contributed by atoms with E-state index < -0.39 is 32.5 Å². The molecule has 1 aliphatic rings. The minimum Gasteiger partial charge on any atom is -0.497 e. The average Bonchev–Trinajstić information content (AvgIpc) is 3.24. The summed E-state index contributed by atoms with van der Waals surface area (Å²) in [6.45, 7) is 0. The highest BCUT2D eigenvalue weighted by Crippen LogP contribution is 2.55. The summed E-state index contributed by atoms with van der Waals surface area (Å²) in [5, 5.41) is 8.30. The zero-order chi connectivity index (χ0) is 17.5. The van der Waals surface area contributed by atoms with Crippen molar-refractivity contribution in [3.05, 3.63) is 60.2 Å². The lowest BCUT2D eigenvalue weighted by Gasteiger charge is -2.06. The van der Waals surface area contributed by atoms with E-state index in [1.165, 1.54) is 19.2 Å². The molecule has 0 aromatic heterocycles. The molecule has 2 aromatic rings. The molecule has 0 saturated heterocycles. The number of carboxylic acids is 1. The lowest BCUT2D eigenvalue weighted by atomic mass is 10.1. The standard InChI is InChI=1S/C17H17NO5S/c1-23-12-9-7-11(8-10-12)14-15(17(14,18)16(19)20)24(21,22)13-5-3-2-4-6-13/h2-10,14-15H,18H2,1H3,(H,19,20)/t14-,15+,17+/m0/s1. The van der Waals surface area contributed by atoms with Gasteiger partial charge in [0.2, 0.25) is 0 Å². The summed E-state index contributed by atoms with van der Waals surface area (Å²) in [5.74, 6) is -1.54. The minimum absolute atomic E-state index is 0.0714. The molecule has 6 nitrogen and oxygen atoms in total. The fraction of sp³-hybridized carbons (Fsp3) is 0.235. The van der Waals surface area contributed by atoms with Gasteiger partial charge in [-0.15, -0.1) is 0 Å². The predicted octanol–water partition coefficient (Wildman–Crippen LogP) is 1.42. The highest BCUT2D eigenvalue weighted by Gasteiger charge is 2.74. The normalized spacial score (nSPS) is 25.9. The highest BCUT2D eigenvalue weighted by molar-refractivity contribution is 7.92. The lowest BCUT2D eigenvalue weighted by molar-refractivity contribution is -0.139. The third kappa shape index (κ3) is 2.37. The molecule has 3 atom stereocenters. The molecule has 126 valence electrons. The number of carboxylic acid groups (broad SMARTS) is 1. The van der Waals surface area contributed by atoms with Gasteiger partial charge in [0, 0.05) is 5.92 Å². The van der Waals surface area contributed by atoms with Crippen LogP contribution in [0.2, 0.25) is 0 Å². The fourth-order valence-electron chi connectivity index (χ4n) is 3.08. The molecule has 1 fully saturated rings. The van der Waals surface area contributed by atoms with Crippen molar-refractivity contribution in [2.45, 2.75) is 21.6 Å². The summed E-state index contributed by atoms with van der Waals surface area (Å²) in [6.07, 6.45) is 0. The van der Waals surface area contributed by atoms with E-state index in [9.17, 15) is 18.3 Å². The summed E-state index contributed by atoms with van der Waals surface area (Å²) < 4.78 is 30.8. The molecule has 0 bridgehead atoms. The highest BCUT2D eigenvalue weighted by atomic mass is 32.2. The van der Waals surface area contributed by atoms with Crippen LogP contribution in [0.5, 0.6) is 5.75 Å². The van der Waals surface area contributed by atoms with Crippen molar-refractivity contribution in [2.24, 2.45) is 5.73 Å². The van der Waals surface area contributed by atoms with Gasteiger partial charge in [0.15, 0.2) is 9.84 Å². The van der Waals surface area contributed by atoms with Crippen LogP contribution in [0.25, 0.3) is 0 Å². The Morgan fingerprint density at radius 1 is 1.12 bits per heavy atom. The Balaban J connectivity index is 2.04. The first kappa shape index (κ1) is 16.5. The van der Waals surface area contributed by atoms with Gasteiger partial charge in [-0.1, -0.05) is 30.3 Å². The molecule has 0 spiro atoms. The van der Waals surface area contributed by atoms with Crippen molar-refractivity contribution in [3.63, 3.8) is 0 Å². The van der Waals surface area contributed by atoms with Crippen LogP contribution >= 0.6 is 0 Å². The molecule has 7 heteroatoms. The Hall–Kier alpha value is -2.38. The molecule has 0 radical (unpaired) electrons. The Bertz CT molecular complexity index is 864. The van der Waals surface area contributed by atoms with E-state index in [0.29, 0.717) is 11.3 Å². The van der Waals surface area contributed by atoms with Gasteiger partial charge in [-0.2, -0.15) is 0 Å². The zero-order valence-electron chi connectivity index (χ0n) is 12.9. The topological polar surface area (TPSA) is 107 Å². The first-order valence-electron chi connectivity index (χ1n) is 7.28. The monoisotopic (exact) mass is 347 g/mol. The molecular formula is C17H17NO5S. The molecule has 24 heavy (non-hydrogen) atoms. The van der Waals surface area contributed by atoms with Crippen LogP contribution in [0.1, 0.15) is 11.5 Å². The van der Waals surface area contributed by atoms with Gasteiger partial charge >= 0.3 is 5.97 Å². The number of carbonyl (C=O) groups is 1. The molecule has 3 N–H and O–H groups in total. The van der Waals surface area contributed by atoms with Gasteiger partial charge in [0.25, 0.3) is 0 Å². The predicted molar refractivity (Wildman–Crippen MR) is 87.7 cm³/mol. The molecular weight excluding hydrogens is 330 g/mol. The van der Waals surface area contributed by atoms with Crippen molar-refractivity contribution in [1.29, 1.82) is 0 Å². The molecule has 0 aliphatic heterocycles. The number of rotatable bonds is 5. The molecule has 2 aromatic carbocycles. The van der Waals surface area contributed by atoms with Gasteiger partial charge < -0.3 is 15.6 Å². The third-order valence-corrected chi connectivity index (χ3v) is 6.69. The van der Waals surface area contributed by atoms with Gasteiger partial charge in [0.1, 0.15) is 16.5 Å². The Morgan fingerprint density at radius 2 is 1.71 bits per heavy atom. The van der Waals surface area contributed by atoms with E-state index in [0.717, 1.165) is 0 Å². The van der Waals surface area contributed by atoms with Crippen LogP contribution < -0.4 is 10.5 Å². The second-order valence-electron chi connectivity index (χ2n) is 5.77. The Kier molecular flexibility index (Phi) is 3.85. The fourth-order valence-corrected chi connectivity index (χ4v) is 5.34. The van der Waals surface area contributed by atoms with Crippen LogP contribution in [0, 0.1) is 0 Å². The van der Waals surface area contributed by atoms with E-state index in [4.69, 9.17) is 10.5 Å². The molecule has 1 aliphatic carbocycles. The number of nitrogens with two attached hydrogens (primary N) is 1. The van der Waals surface area contributed by atoms with E-state index >= 15 is 0 Å². The van der Waals surface area contributed by atoms with Crippen molar-refractivity contribution in [2.75, 3.05) is 7.11 Å². The molecule has 0 unspecified atom stereocenters. The molecule has 0 amide bonds. The van der Waals surface area contributed by atoms with Crippen LogP contribution in [0.4, 0.5) is 0 Å².